The van der Waals surface area contributed by atoms with Gasteiger partial charge in [0.25, 0.3) is 0 Å². The Balaban J connectivity index is 2.13. The van der Waals surface area contributed by atoms with Crippen molar-refractivity contribution in [3.8, 4) is 0 Å². The van der Waals surface area contributed by atoms with E-state index in [1.54, 1.807) is 0 Å². The lowest BCUT2D eigenvalue weighted by Crippen LogP contribution is -2.41. The molecule has 0 radical (unpaired) electrons. The standard InChI is InChI=1S/C8H17NO2/c10-6-8(11)9-7-4-2-1-3-5-7/h7-11H,1-6H2. The van der Waals surface area contributed by atoms with Crippen LogP contribution in [0.5, 0.6) is 0 Å². The highest BCUT2D eigenvalue weighted by Gasteiger charge is 2.15. The van der Waals surface area contributed by atoms with Crippen molar-refractivity contribution >= 4 is 0 Å². The number of hydrogen-bond donors (Lipinski definition) is 3. The summed E-state index contributed by atoms with van der Waals surface area (Å²) in [5.41, 5.74) is 0. The van der Waals surface area contributed by atoms with Crippen molar-refractivity contribution in [3.05, 3.63) is 0 Å². The van der Waals surface area contributed by atoms with Crippen LogP contribution in [0.2, 0.25) is 0 Å². The van der Waals surface area contributed by atoms with Gasteiger partial charge in [0.05, 0.1) is 6.61 Å². The Morgan fingerprint density at radius 1 is 1.27 bits per heavy atom. The van der Waals surface area contributed by atoms with Crippen molar-refractivity contribution in [2.24, 2.45) is 0 Å². The molecule has 1 aliphatic rings. The van der Waals surface area contributed by atoms with Crippen LogP contribution in [0.15, 0.2) is 0 Å². The van der Waals surface area contributed by atoms with Crippen LogP contribution < -0.4 is 5.32 Å². The molecule has 1 fully saturated rings. The van der Waals surface area contributed by atoms with E-state index in [1.807, 2.05) is 0 Å². The molecule has 0 heterocycles. The largest absolute Gasteiger partial charge is 0.392 e. The maximum atomic E-state index is 9.05. The highest BCUT2D eigenvalue weighted by Crippen LogP contribution is 2.17. The molecule has 0 aromatic heterocycles. The first-order chi connectivity index (χ1) is 5.33. The van der Waals surface area contributed by atoms with Gasteiger partial charge in [0.1, 0.15) is 6.23 Å². The van der Waals surface area contributed by atoms with E-state index < -0.39 is 6.23 Å². The summed E-state index contributed by atoms with van der Waals surface area (Å²) in [4.78, 5) is 0. The first-order valence-corrected chi connectivity index (χ1v) is 4.38. The molecule has 0 spiro atoms. The van der Waals surface area contributed by atoms with Crippen LogP contribution in [0, 0.1) is 0 Å². The molecule has 3 nitrogen and oxygen atoms in total. The number of rotatable bonds is 3. The Kier molecular flexibility index (Phi) is 3.83. The summed E-state index contributed by atoms with van der Waals surface area (Å²) < 4.78 is 0. The van der Waals surface area contributed by atoms with Crippen molar-refractivity contribution in [1.82, 2.24) is 5.32 Å². The quantitative estimate of drug-likeness (QED) is 0.516. The molecular formula is C8H17NO2. The SMILES string of the molecule is OCC(O)NC1CCCCC1. The number of hydrogen-bond acceptors (Lipinski definition) is 3. The van der Waals surface area contributed by atoms with Gasteiger partial charge >= 0.3 is 0 Å². The fourth-order valence-electron chi connectivity index (χ4n) is 1.59. The molecule has 0 bridgehead atoms. The predicted octanol–water partition coefficient (Wildman–Crippen LogP) is 0.219. The Morgan fingerprint density at radius 3 is 2.45 bits per heavy atom. The first kappa shape index (κ1) is 8.97. The zero-order valence-electron chi connectivity index (χ0n) is 6.79. The molecule has 1 atom stereocenters. The van der Waals surface area contributed by atoms with Gasteiger partial charge < -0.3 is 10.2 Å². The van der Waals surface area contributed by atoms with Crippen molar-refractivity contribution in [3.63, 3.8) is 0 Å². The van der Waals surface area contributed by atoms with Gasteiger partial charge in [-0.05, 0) is 12.8 Å². The minimum absolute atomic E-state index is 0.184. The van der Waals surface area contributed by atoms with Crippen LogP contribution in [-0.2, 0) is 0 Å². The molecule has 1 aliphatic carbocycles. The highest BCUT2D eigenvalue weighted by molar-refractivity contribution is 4.72. The van der Waals surface area contributed by atoms with E-state index in [4.69, 9.17) is 10.2 Å². The summed E-state index contributed by atoms with van der Waals surface area (Å²) in [6.07, 6.45) is 5.35. The van der Waals surface area contributed by atoms with Crippen LogP contribution >= 0.6 is 0 Å². The molecule has 0 saturated heterocycles. The molecule has 1 saturated carbocycles. The maximum absolute atomic E-state index is 9.05. The average molecular weight is 159 g/mol. The first-order valence-electron chi connectivity index (χ1n) is 4.38. The second-order valence-electron chi connectivity index (χ2n) is 3.20. The molecule has 0 aliphatic heterocycles. The molecule has 0 amide bonds. The fourth-order valence-corrected chi connectivity index (χ4v) is 1.59. The van der Waals surface area contributed by atoms with E-state index in [0.29, 0.717) is 6.04 Å². The molecular weight excluding hydrogens is 142 g/mol. The van der Waals surface area contributed by atoms with Gasteiger partial charge in [0.15, 0.2) is 0 Å². The zero-order valence-corrected chi connectivity index (χ0v) is 6.79. The monoisotopic (exact) mass is 159 g/mol. The van der Waals surface area contributed by atoms with Gasteiger partial charge in [-0.2, -0.15) is 0 Å². The third-order valence-electron chi connectivity index (χ3n) is 2.21. The molecule has 3 N–H and O–H groups in total. The Morgan fingerprint density at radius 2 is 1.91 bits per heavy atom. The van der Waals surface area contributed by atoms with E-state index in [1.165, 1.54) is 19.3 Å². The number of aliphatic hydroxyl groups excluding tert-OH is 2. The summed E-state index contributed by atoms with van der Waals surface area (Å²) in [7, 11) is 0. The average Bonchev–Trinajstić information content (AvgIpc) is 2.06. The van der Waals surface area contributed by atoms with Crippen molar-refractivity contribution < 1.29 is 10.2 Å². The van der Waals surface area contributed by atoms with Crippen molar-refractivity contribution in [2.75, 3.05) is 6.61 Å². The summed E-state index contributed by atoms with van der Waals surface area (Å²) >= 11 is 0. The Labute approximate surface area is 67.4 Å². The summed E-state index contributed by atoms with van der Waals surface area (Å²) in [6, 6.07) is 0.422. The van der Waals surface area contributed by atoms with Gasteiger partial charge in [0.2, 0.25) is 0 Å². The van der Waals surface area contributed by atoms with E-state index in [0.717, 1.165) is 12.8 Å². The highest BCUT2D eigenvalue weighted by atomic mass is 16.3. The third kappa shape index (κ3) is 3.18. The molecule has 1 rings (SSSR count). The molecule has 1 unspecified atom stereocenters. The molecule has 0 aromatic carbocycles. The van der Waals surface area contributed by atoms with Gasteiger partial charge in [-0.25, -0.2) is 0 Å². The fraction of sp³-hybridized carbons (Fsp3) is 1.00. The normalized spacial score (nSPS) is 23.5. The van der Waals surface area contributed by atoms with Gasteiger partial charge in [-0.1, -0.05) is 19.3 Å². The third-order valence-corrected chi connectivity index (χ3v) is 2.21. The molecule has 0 aromatic rings. The predicted molar refractivity (Wildman–Crippen MR) is 43.1 cm³/mol. The maximum Gasteiger partial charge on any atom is 0.128 e. The smallest absolute Gasteiger partial charge is 0.128 e. The molecule has 11 heavy (non-hydrogen) atoms. The van der Waals surface area contributed by atoms with Crippen LogP contribution in [0.1, 0.15) is 32.1 Å². The lowest BCUT2D eigenvalue weighted by atomic mass is 9.95. The topological polar surface area (TPSA) is 52.5 Å². The lowest BCUT2D eigenvalue weighted by molar-refractivity contribution is 0.0531. The minimum atomic E-state index is -0.724. The minimum Gasteiger partial charge on any atom is -0.392 e. The van der Waals surface area contributed by atoms with E-state index >= 15 is 0 Å². The number of aliphatic hydroxyl groups is 2. The molecule has 66 valence electrons. The van der Waals surface area contributed by atoms with Gasteiger partial charge in [-0.3, -0.25) is 5.32 Å². The van der Waals surface area contributed by atoms with Crippen molar-refractivity contribution in [1.29, 1.82) is 0 Å². The van der Waals surface area contributed by atoms with E-state index in [9.17, 15) is 0 Å². The van der Waals surface area contributed by atoms with Crippen molar-refractivity contribution in [2.45, 2.75) is 44.4 Å². The summed E-state index contributed by atoms with van der Waals surface area (Å²) in [5.74, 6) is 0. The Hall–Kier alpha value is -0.120. The number of nitrogens with one attached hydrogen (secondary N) is 1. The second kappa shape index (κ2) is 4.70. The van der Waals surface area contributed by atoms with E-state index in [2.05, 4.69) is 5.32 Å². The summed E-state index contributed by atoms with van der Waals surface area (Å²) in [5, 5.41) is 20.6. The van der Waals surface area contributed by atoms with Crippen LogP contribution in [-0.4, -0.2) is 29.1 Å². The van der Waals surface area contributed by atoms with Crippen LogP contribution in [0.3, 0.4) is 0 Å². The molecule has 3 heteroatoms. The lowest BCUT2D eigenvalue weighted by Gasteiger charge is -2.24. The Bertz CT molecular complexity index is 102. The second-order valence-corrected chi connectivity index (χ2v) is 3.20. The van der Waals surface area contributed by atoms with Crippen LogP contribution in [0.4, 0.5) is 0 Å². The summed E-state index contributed by atoms with van der Waals surface area (Å²) in [6.45, 7) is -0.184. The van der Waals surface area contributed by atoms with Gasteiger partial charge in [-0.15, -0.1) is 0 Å². The zero-order chi connectivity index (χ0) is 8.10. The van der Waals surface area contributed by atoms with Gasteiger partial charge in [0, 0.05) is 6.04 Å². The van der Waals surface area contributed by atoms with Crippen LogP contribution in [0.25, 0.3) is 0 Å². The van der Waals surface area contributed by atoms with E-state index in [-0.39, 0.29) is 6.61 Å².